The van der Waals surface area contributed by atoms with Crippen LogP contribution in [0, 0.1) is 5.41 Å². The van der Waals surface area contributed by atoms with Crippen molar-refractivity contribution in [2.24, 2.45) is 5.41 Å². The van der Waals surface area contributed by atoms with Crippen LogP contribution in [0.5, 0.6) is 0 Å². The smallest absolute Gasteiger partial charge is 0.232 e. The fraction of sp³-hybridized carbons (Fsp3) is 0.923. The van der Waals surface area contributed by atoms with Gasteiger partial charge in [0.1, 0.15) is 5.75 Å². The first-order valence-electron chi connectivity index (χ1n) is 6.54. The molecule has 0 bridgehead atoms. The Balaban J connectivity index is 4.31. The van der Waals surface area contributed by atoms with E-state index in [-0.39, 0.29) is 29.2 Å². The Morgan fingerprint density at radius 3 is 2.22 bits per heavy atom. The highest BCUT2D eigenvalue weighted by Gasteiger charge is 2.26. The van der Waals surface area contributed by atoms with Gasteiger partial charge in [-0.25, -0.2) is 0 Å². The summed E-state index contributed by atoms with van der Waals surface area (Å²) in [6, 6.07) is 0.261. The van der Waals surface area contributed by atoms with Gasteiger partial charge in [0.2, 0.25) is 5.91 Å². The van der Waals surface area contributed by atoms with Crippen LogP contribution in [0.3, 0.4) is 0 Å². The molecule has 5 heteroatoms. The fourth-order valence-electron chi connectivity index (χ4n) is 1.62. The molecule has 108 valence electrons. The van der Waals surface area contributed by atoms with Crippen molar-refractivity contribution in [1.82, 2.24) is 10.6 Å². The van der Waals surface area contributed by atoms with Crippen molar-refractivity contribution in [3.63, 3.8) is 0 Å². The van der Waals surface area contributed by atoms with Crippen molar-refractivity contribution < 1.29 is 9.00 Å². The summed E-state index contributed by atoms with van der Waals surface area (Å²) in [4.78, 5) is 11.5. The highest BCUT2D eigenvalue weighted by molar-refractivity contribution is 7.85. The second kappa shape index (κ2) is 7.89. The summed E-state index contributed by atoms with van der Waals surface area (Å²) in [6.45, 7) is 13.0. The normalized spacial score (nSPS) is 15.5. The average molecular weight is 276 g/mol. The Morgan fingerprint density at radius 2 is 1.83 bits per heavy atom. The van der Waals surface area contributed by atoms with Gasteiger partial charge in [-0.1, -0.05) is 27.7 Å². The van der Waals surface area contributed by atoms with Crippen LogP contribution < -0.4 is 10.6 Å². The van der Waals surface area contributed by atoms with Crippen LogP contribution in [0.2, 0.25) is 0 Å². The van der Waals surface area contributed by atoms with E-state index in [1.165, 1.54) is 0 Å². The number of carbonyl (C=O) groups is 1. The second-order valence-electron chi connectivity index (χ2n) is 5.95. The summed E-state index contributed by atoms with van der Waals surface area (Å²) in [6.07, 6.45) is 0. The van der Waals surface area contributed by atoms with E-state index in [4.69, 9.17) is 0 Å². The van der Waals surface area contributed by atoms with Crippen molar-refractivity contribution in [3.05, 3.63) is 0 Å². The lowest BCUT2D eigenvalue weighted by Gasteiger charge is -2.31. The molecule has 2 unspecified atom stereocenters. The minimum Gasteiger partial charge on any atom is -0.353 e. The van der Waals surface area contributed by atoms with E-state index in [1.807, 2.05) is 20.8 Å². The zero-order chi connectivity index (χ0) is 14.3. The van der Waals surface area contributed by atoms with E-state index in [1.54, 1.807) is 0 Å². The standard InChI is InChI=1S/C13H28N2O2S/c1-7-14-11(13(4,5)6)8-18(17)9-12(16)15-10(2)3/h10-11,14H,7-9H2,1-6H3,(H,15,16). The van der Waals surface area contributed by atoms with Gasteiger partial charge in [-0.3, -0.25) is 9.00 Å². The highest BCUT2D eigenvalue weighted by atomic mass is 32.2. The van der Waals surface area contributed by atoms with Gasteiger partial charge in [0.15, 0.2) is 0 Å². The zero-order valence-electron chi connectivity index (χ0n) is 12.5. The number of hydrogen-bond acceptors (Lipinski definition) is 3. The Morgan fingerprint density at radius 1 is 1.28 bits per heavy atom. The van der Waals surface area contributed by atoms with Gasteiger partial charge in [-0.2, -0.15) is 0 Å². The summed E-state index contributed by atoms with van der Waals surface area (Å²) >= 11 is 0. The van der Waals surface area contributed by atoms with Crippen LogP contribution in [0.25, 0.3) is 0 Å². The SMILES string of the molecule is CCNC(CS(=O)CC(=O)NC(C)C)C(C)(C)C. The maximum absolute atomic E-state index is 12.0. The number of carbonyl (C=O) groups excluding carboxylic acids is 1. The first kappa shape index (κ1) is 17.6. The van der Waals surface area contributed by atoms with E-state index < -0.39 is 10.8 Å². The molecule has 0 aliphatic carbocycles. The molecule has 0 aromatic heterocycles. The van der Waals surface area contributed by atoms with Gasteiger partial charge in [-0.15, -0.1) is 0 Å². The number of amides is 1. The minimum atomic E-state index is -1.12. The van der Waals surface area contributed by atoms with Crippen LogP contribution in [-0.2, 0) is 15.6 Å². The lowest BCUT2D eigenvalue weighted by atomic mass is 9.88. The molecule has 0 heterocycles. The third-order valence-corrected chi connectivity index (χ3v) is 3.88. The van der Waals surface area contributed by atoms with E-state index in [0.29, 0.717) is 5.75 Å². The van der Waals surface area contributed by atoms with Crippen molar-refractivity contribution in [1.29, 1.82) is 0 Å². The molecule has 0 aliphatic rings. The molecule has 0 aliphatic heterocycles. The minimum absolute atomic E-state index is 0.0419. The van der Waals surface area contributed by atoms with Crippen molar-refractivity contribution in [3.8, 4) is 0 Å². The molecule has 0 rings (SSSR count). The largest absolute Gasteiger partial charge is 0.353 e. The van der Waals surface area contributed by atoms with Gasteiger partial charge in [0.05, 0.1) is 0 Å². The van der Waals surface area contributed by atoms with Gasteiger partial charge in [0.25, 0.3) is 0 Å². The lowest BCUT2D eigenvalue weighted by molar-refractivity contribution is -0.119. The summed E-state index contributed by atoms with van der Waals surface area (Å²) in [5, 5.41) is 6.11. The molecular weight excluding hydrogens is 248 g/mol. The van der Waals surface area contributed by atoms with Crippen molar-refractivity contribution in [2.45, 2.75) is 53.6 Å². The first-order chi connectivity index (χ1) is 8.16. The predicted octanol–water partition coefficient (Wildman–Crippen LogP) is 1.28. The number of nitrogens with one attached hydrogen (secondary N) is 2. The maximum atomic E-state index is 12.0. The average Bonchev–Trinajstić information content (AvgIpc) is 2.13. The summed E-state index contributed by atoms with van der Waals surface area (Å²) in [5.74, 6) is 0.478. The predicted molar refractivity (Wildman–Crippen MR) is 78.1 cm³/mol. The topological polar surface area (TPSA) is 58.2 Å². The fourth-order valence-corrected chi connectivity index (χ4v) is 3.10. The molecule has 0 saturated heterocycles. The lowest BCUT2D eigenvalue weighted by Crippen LogP contribution is -2.45. The van der Waals surface area contributed by atoms with E-state index in [9.17, 15) is 9.00 Å². The maximum Gasteiger partial charge on any atom is 0.232 e. The van der Waals surface area contributed by atoms with Crippen LogP contribution in [0.4, 0.5) is 0 Å². The Hall–Kier alpha value is -0.420. The molecule has 0 radical (unpaired) electrons. The molecule has 2 N–H and O–H groups in total. The molecule has 0 aromatic rings. The van der Waals surface area contributed by atoms with Crippen molar-refractivity contribution >= 4 is 16.7 Å². The Bertz CT molecular complexity index is 285. The third-order valence-electron chi connectivity index (χ3n) is 2.59. The van der Waals surface area contributed by atoms with Crippen LogP contribution in [-0.4, -0.2) is 40.3 Å². The Kier molecular flexibility index (Phi) is 7.71. The molecule has 0 spiro atoms. The molecule has 18 heavy (non-hydrogen) atoms. The van der Waals surface area contributed by atoms with Gasteiger partial charge < -0.3 is 10.6 Å². The van der Waals surface area contributed by atoms with E-state index in [0.717, 1.165) is 6.54 Å². The third kappa shape index (κ3) is 7.82. The second-order valence-corrected chi connectivity index (χ2v) is 7.45. The summed E-state index contributed by atoms with van der Waals surface area (Å²) in [5.41, 5.74) is 0.0419. The number of hydrogen-bond donors (Lipinski definition) is 2. The van der Waals surface area contributed by atoms with E-state index in [2.05, 4.69) is 31.4 Å². The molecule has 0 saturated carbocycles. The molecule has 0 aromatic carbocycles. The molecule has 0 fully saturated rings. The number of rotatable bonds is 7. The van der Waals surface area contributed by atoms with Crippen LogP contribution in [0.1, 0.15) is 41.5 Å². The summed E-state index contributed by atoms with van der Waals surface area (Å²) in [7, 11) is -1.12. The summed E-state index contributed by atoms with van der Waals surface area (Å²) < 4.78 is 12.0. The molecule has 2 atom stereocenters. The first-order valence-corrected chi connectivity index (χ1v) is 8.03. The van der Waals surface area contributed by atoms with Gasteiger partial charge >= 0.3 is 0 Å². The van der Waals surface area contributed by atoms with Crippen LogP contribution >= 0.6 is 0 Å². The molecule has 4 nitrogen and oxygen atoms in total. The molecular formula is C13H28N2O2S. The van der Waals surface area contributed by atoms with Gasteiger partial charge in [-0.05, 0) is 25.8 Å². The van der Waals surface area contributed by atoms with Gasteiger partial charge in [0, 0.05) is 28.6 Å². The zero-order valence-corrected chi connectivity index (χ0v) is 13.3. The van der Waals surface area contributed by atoms with Crippen molar-refractivity contribution in [2.75, 3.05) is 18.1 Å². The molecule has 1 amide bonds. The highest BCUT2D eigenvalue weighted by Crippen LogP contribution is 2.19. The van der Waals surface area contributed by atoms with E-state index >= 15 is 0 Å². The quantitative estimate of drug-likeness (QED) is 0.736. The Labute approximate surface area is 114 Å². The monoisotopic (exact) mass is 276 g/mol. The van der Waals surface area contributed by atoms with Crippen LogP contribution in [0.15, 0.2) is 0 Å².